The molecule has 2 rings (SSSR count). The zero-order valence-electron chi connectivity index (χ0n) is 13.5. The second-order valence-corrected chi connectivity index (χ2v) is 5.30. The van der Waals surface area contributed by atoms with E-state index in [2.05, 4.69) is 21.8 Å². The van der Waals surface area contributed by atoms with Gasteiger partial charge in [-0.2, -0.15) is 10.4 Å². The van der Waals surface area contributed by atoms with Crippen LogP contribution < -0.4 is 15.5 Å². The topological polar surface area (TPSA) is 86.0 Å². The van der Waals surface area contributed by atoms with E-state index in [9.17, 15) is 4.79 Å². The molecule has 7 heteroatoms. The number of aryl methyl sites for hydroxylation is 1. The van der Waals surface area contributed by atoms with Gasteiger partial charge in [-0.25, -0.2) is 4.79 Å². The number of aromatic nitrogens is 2. The highest BCUT2D eigenvalue weighted by Gasteiger charge is 2.10. The third-order valence-corrected chi connectivity index (χ3v) is 3.37. The van der Waals surface area contributed by atoms with Gasteiger partial charge in [0.1, 0.15) is 0 Å². The number of carbonyl (C=O) groups excluding carboxylic acids is 1. The summed E-state index contributed by atoms with van der Waals surface area (Å²) < 4.78 is 1.62. The molecule has 2 N–H and O–H groups in total. The molecule has 0 fully saturated rings. The maximum atomic E-state index is 12.1. The van der Waals surface area contributed by atoms with Gasteiger partial charge in [0.15, 0.2) is 5.82 Å². The van der Waals surface area contributed by atoms with E-state index in [-0.39, 0.29) is 6.03 Å². The maximum Gasteiger partial charge on any atom is 0.324 e. The van der Waals surface area contributed by atoms with E-state index in [1.165, 1.54) is 0 Å². The molecule has 0 atom stereocenters. The number of benzene rings is 1. The summed E-state index contributed by atoms with van der Waals surface area (Å²) in [5, 5.41) is 18.3. The zero-order chi connectivity index (χ0) is 16.8. The number of hydrogen-bond donors (Lipinski definition) is 2. The number of nitriles is 1. The SMILES string of the molecule is Cc1c(NC(=O)Nc2ccn(CCC#N)n2)cccc1N(C)C. The molecule has 0 unspecified atom stereocenters. The van der Waals surface area contributed by atoms with Crippen LogP contribution in [-0.4, -0.2) is 29.9 Å². The quantitative estimate of drug-likeness (QED) is 0.889. The van der Waals surface area contributed by atoms with Gasteiger partial charge >= 0.3 is 6.03 Å². The van der Waals surface area contributed by atoms with Crippen LogP contribution >= 0.6 is 0 Å². The van der Waals surface area contributed by atoms with Crippen molar-refractivity contribution in [3.63, 3.8) is 0 Å². The van der Waals surface area contributed by atoms with Crippen molar-refractivity contribution in [3.05, 3.63) is 36.0 Å². The van der Waals surface area contributed by atoms with Crippen molar-refractivity contribution in [1.29, 1.82) is 5.26 Å². The summed E-state index contributed by atoms with van der Waals surface area (Å²) in [5.41, 5.74) is 2.79. The highest BCUT2D eigenvalue weighted by molar-refractivity contribution is 6.00. The van der Waals surface area contributed by atoms with Gasteiger partial charge in [-0.05, 0) is 24.6 Å². The third kappa shape index (κ3) is 4.23. The number of rotatable bonds is 5. The number of amides is 2. The predicted molar refractivity (Wildman–Crippen MR) is 90.6 cm³/mol. The summed E-state index contributed by atoms with van der Waals surface area (Å²) >= 11 is 0. The molecule has 0 aliphatic heterocycles. The molecular formula is C16H20N6O. The number of urea groups is 1. The largest absolute Gasteiger partial charge is 0.377 e. The van der Waals surface area contributed by atoms with E-state index >= 15 is 0 Å². The molecule has 0 spiro atoms. The van der Waals surface area contributed by atoms with Gasteiger partial charge in [0.25, 0.3) is 0 Å². The van der Waals surface area contributed by atoms with Crippen LogP contribution in [0.1, 0.15) is 12.0 Å². The smallest absolute Gasteiger partial charge is 0.324 e. The van der Waals surface area contributed by atoms with E-state index in [1.54, 1.807) is 16.9 Å². The van der Waals surface area contributed by atoms with Gasteiger partial charge in [-0.15, -0.1) is 0 Å². The molecule has 2 aromatic rings. The lowest BCUT2D eigenvalue weighted by atomic mass is 10.1. The molecule has 0 saturated carbocycles. The fourth-order valence-electron chi connectivity index (χ4n) is 2.23. The number of carbonyl (C=O) groups is 1. The lowest BCUT2D eigenvalue weighted by molar-refractivity contribution is 0.262. The van der Waals surface area contributed by atoms with Crippen LogP contribution in [0.2, 0.25) is 0 Å². The van der Waals surface area contributed by atoms with Gasteiger partial charge < -0.3 is 10.2 Å². The van der Waals surface area contributed by atoms with Crippen LogP contribution in [0.5, 0.6) is 0 Å². The van der Waals surface area contributed by atoms with Crippen molar-refractivity contribution in [2.24, 2.45) is 0 Å². The molecule has 0 radical (unpaired) electrons. The Morgan fingerprint density at radius 3 is 2.83 bits per heavy atom. The van der Waals surface area contributed by atoms with E-state index in [0.29, 0.717) is 18.8 Å². The second kappa shape index (κ2) is 7.31. The Bertz CT molecular complexity index is 728. The molecule has 0 bridgehead atoms. The highest BCUT2D eigenvalue weighted by Crippen LogP contribution is 2.25. The minimum absolute atomic E-state index is 0.352. The number of nitrogens with zero attached hydrogens (tertiary/aromatic N) is 4. The first-order valence-electron chi connectivity index (χ1n) is 7.26. The van der Waals surface area contributed by atoms with E-state index in [1.807, 2.05) is 44.1 Å². The first-order valence-corrected chi connectivity index (χ1v) is 7.26. The molecule has 120 valence electrons. The normalized spacial score (nSPS) is 10.0. The zero-order valence-corrected chi connectivity index (χ0v) is 13.5. The molecule has 1 heterocycles. The van der Waals surface area contributed by atoms with Crippen LogP contribution in [0.3, 0.4) is 0 Å². The highest BCUT2D eigenvalue weighted by atomic mass is 16.2. The summed E-state index contributed by atoms with van der Waals surface area (Å²) in [4.78, 5) is 14.1. The fourth-order valence-corrected chi connectivity index (χ4v) is 2.23. The molecular weight excluding hydrogens is 292 g/mol. The van der Waals surface area contributed by atoms with Crippen LogP contribution in [0.4, 0.5) is 22.0 Å². The Balaban J connectivity index is 2.01. The van der Waals surface area contributed by atoms with Crippen molar-refractivity contribution in [3.8, 4) is 6.07 Å². The number of hydrogen-bond acceptors (Lipinski definition) is 4. The molecule has 23 heavy (non-hydrogen) atoms. The number of anilines is 3. The summed E-state index contributed by atoms with van der Waals surface area (Å²) in [6, 6.07) is 9.14. The van der Waals surface area contributed by atoms with Crippen LogP contribution in [0, 0.1) is 18.3 Å². The van der Waals surface area contributed by atoms with Crippen molar-refractivity contribution in [2.75, 3.05) is 29.6 Å². The lowest BCUT2D eigenvalue weighted by Crippen LogP contribution is -2.21. The van der Waals surface area contributed by atoms with Crippen LogP contribution in [0.25, 0.3) is 0 Å². The van der Waals surface area contributed by atoms with Crippen molar-refractivity contribution >= 4 is 23.2 Å². The van der Waals surface area contributed by atoms with Gasteiger partial charge in [0.2, 0.25) is 0 Å². The molecule has 1 aromatic heterocycles. The monoisotopic (exact) mass is 312 g/mol. The first-order chi connectivity index (χ1) is 11.0. The van der Waals surface area contributed by atoms with Crippen LogP contribution in [0.15, 0.2) is 30.5 Å². The maximum absolute atomic E-state index is 12.1. The average molecular weight is 312 g/mol. The van der Waals surface area contributed by atoms with Crippen LogP contribution in [-0.2, 0) is 6.54 Å². The Morgan fingerprint density at radius 1 is 1.35 bits per heavy atom. The summed E-state index contributed by atoms with van der Waals surface area (Å²) in [5.74, 6) is 0.446. The summed E-state index contributed by atoms with van der Waals surface area (Å²) in [7, 11) is 3.92. The Labute approximate surface area is 135 Å². The van der Waals surface area contributed by atoms with E-state index in [0.717, 1.165) is 16.9 Å². The van der Waals surface area contributed by atoms with E-state index in [4.69, 9.17) is 5.26 Å². The molecule has 0 saturated heterocycles. The Morgan fingerprint density at radius 2 is 2.13 bits per heavy atom. The molecule has 0 aliphatic rings. The third-order valence-electron chi connectivity index (χ3n) is 3.37. The van der Waals surface area contributed by atoms with Crippen molar-refractivity contribution < 1.29 is 4.79 Å². The molecule has 0 aliphatic carbocycles. The minimum atomic E-state index is -0.352. The predicted octanol–water partition coefficient (Wildman–Crippen LogP) is 2.82. The van der Waals surface area contributed by atoms with E-state index < -0.39 is 0 Å². The Kier molecular flexibility index (Phi) is 5.20. The average Bonchev–Trinajstić information content (AvgIpc) is 2.94. The van der Waals surface area contributed by atoms with Crippen molar-refractivity contribution in [1.82, 2.24) is 9.78 Å². The second-order valence-electron chi connectivity index (χ2n) is 5.30. The summed E-state index contributed by atoms with van der Waals surface area (Å²) in [6.07, 6.45) is 2.11. The lowest BCUT2D eigenvalue weighted by Gasteiger charge is -2.18. The minimum Gasteiger partial charge on any atom is -0.377 e. The van der Waals surface area contributed by atoms with Crippen molar-refractivity contribution in [2.45, 2.75) is 19.9 Å². The summed E-state index contributed by atoms with van der Waals surface area (Å²) in [6.45, 7) is 2.46. The van der Waals surface area contributed by atoms with Gasteiger partial charge in [0, 0.05) is 37.7 Å². The van der Waals surface area contributed by atoms with Gasteiger partial charge in [-0.1, -0.05) is 6.07 Å². The fraction of sp³-hybridized carbons (Fsp3) is 0.312. The Hall–Kier alpha value is -3.01. The van der Waals surface area contributed by atoms with Gasteiger partial charge in [0.05, 0.1) is 19.0 Å². The molecule has 1 aromatic carbocycles. The number of nitrogens with one attached hydrogen (secondary N) is 2. The van der Waals surface area contributed by atoms with Gasteiger partial charge in [-0.3, -0.25) is 10.00 Å². The molecule has 2 amide bonds. The standard InChI is InChI=1S/C16H20N6O/c1-12-13(6-4-7-14(12)21(2)3)18-16(23)19-15-8-11-22(20-15)10-5-9-17/h4,6-8,11H,5,10H2,1-3H3,(H2,18,19,20,23). The molecule has 7 nitrogen and oxygen atoms in total. The first kappa shape index (κ1) is 16.4.